The maximum absolute atomic E-state index is 13.6. The fourth-order valence-corrected chi connectivity index (χ4v) is 3.33. The molecule has 1 nitrogen and oxygen atoms in total. The third kappa shape index (κ3) is 2.86. The third-order valence-corrected chi connectivity index (χ3v) is 4.48. The summed E-state index contributed by atoms with van der Waals surface area (Å²) in [7, 11) is 0. The highest BCUT2D eigenvalue weighted by Gasteiger charge is 2.38. The number of aliphatic hydroxyl groups excluding tert-OH is 1. The Morgan fingerprint density at radius 2 is 2.22 bits per heavy atom. The zero-order valence-electron chi connectivity index (χ0n) is 10.9. The monoisotopic (exact) mass is 270 g/mol. The van der Waals surface area contributed by atoms with Gasteiger partial charge in [0.25, 0.3) is 0 Å². The minimum absolute atomic E-state index is 0.147. The van der Waals surface area contributed by atoms with Crippen LogP contribution in [0.25, 0.3) is 0 Å². The summed E-state index contributed by atoms with van der Waals surface area (Å²) in [5, 5.41) is 10.9. The average Bonchev–Trinajstić information content (AvgIpc) is 2.63. The van der Waals surface area contributed by atoms with Gasteiger partial charge in [0.15, 0.2) is 0 Å². The van der Waals surface area contributed by atoms with Crippen LogP contribution >= 0.6 is 11.6 Å². The van der Waals surface area contributed by atoms with Crippen molar-refractivity contribution in [1.82, 2.24) is 0 Å². The topological polar surface area (TPSA) is 20.2 Å². The highest BCUT2D eigenvalue weighted by Crippen LogP contribution is 2.45. The van der Waals surface area contributed by atoms with Crippen molar-refractivity contribution >= 4 is 11.6 Å². The first-order valence-corrected chi connectivity index (χ1v) is 6.90. The van der Waals surface area contributed by atoms with Crippen molar-refractivity contribution in [3.63, 3.8) is 0 Å². The van der Waals surface area contributed by atoms with Crippen molar-refractivity contribution in [2.45, 2.75) is 45.6 Å². The molecule has 1 N–H and O–H groups in total. The van der Waals surface area contributed by atoms with Crippen LogP contribution < -0.4 is 0 Å². The maximum atomic E-state index is 13.6. The van der Waals surface area contributed by atoms with Gasteiger partial charge >= 0.3 is 0 Å². The van der Waals surface area contributed by atoms with Crippen molar-refractivity contribution in [3.05, 3.63) is 34.6 Å². The highest BCUT2D eigenvalue weighted by atomic mass is 35.5. The van der Waals surface area contributed by atoms with Gasteiger partial charge in [0.2, 0.25) is 0 Å². The molecule has 0 spiro atoms. The van der Waals surface area contributed by atoms with Crippen LogP contribution in [0.2, 0.25) is 5.02 Å². The molecule has 1 saturated carbocycles. The summed E-state index contributed by atoms with van der Waals surface area (Å²) >= 11 is 5.87. The molecule has 0 heterocycles. The average molecular weight is 271 g/mol. The molecule has 0 aliphatic heterocycles. The lowest BCUT2D eigenvalue weighted by Crippen LogP contribution is -2.31. The Kier molecular flexibility index (Phi) is 3.98. The van der Waals surface area contributed by atoms with Crippen LogP contribution in [0.5, 0.6) is 0 Å². The van der Waals surface area contributed by atoms with E-state index in [9.17, 15) is 9.50 Å². The van der Waals surface area contributed by atoms with Gasteiger partial charge < -0.3 is 5.11 Å². The number of halogens is 2. The summed E-state index contributed by atoms with van der Waals surface area (Å²) in [5.74, 6) is -0.0369. The van der Waals surface area contributed by atoms with Gasteiger partial charge in [-0.3, -0.25) is 0 Å². The predicted octanol–water partition coefficient (Wildman–Crippen LogP) is 4.21. The molecular weight excluding hydrogens is 251 g/mol. The smallest absolute Gasteiger partial charge is 0.126 e. The van der Waals surface area contributed by atoms with E-state index in [-0.39, 0.29) is 17.2 Å². The van der Waals surface area contributed by atoms with Crippen LogP contribution in [0.15, 0.2) is 18.2 Å². The summed E-state index contributed by atoms with van der Waals surface area (Å²) in [4.78, 5) is 0. The molecule has 0 saturated heterocycles. The van der Waals surface area contributed by atoms with Gasteiger partial charge in [-0.25, -0.2) is 4.39 Å². The largest absolute Gasteiger partial charge is 0.392 e. The minimum Gasteiger partial charge on any atom is -0.392 e. The lowest BCUT2D eigenvalue weighted by Gasteiger charge is -2.31. The van der Waals surface area contributed by atoms with Crippen LogP contribution in [-0.4, -0.2) is 11.2 Å². The molecule has 0 bridgehead atoms. The molecule has 1 aromatic rings. The van der Waals surface area contributed by atoms with E-state index in [4.69, 9.17) is 11.6 Å². The van der Waals surface area contributed by atoms with E-state index in [2.05, 4.69) is 13.8 Å². The van der Waals surface area contributed by atoms with E-state index in [1.54, 1.807) is 6.07 Å². The van der Waals surface area contributed by atoms with Crippen molar-refractivity contribution in [2.24, 2.45) is 11.3 Å². The van der Waals surface area contributed by atoms with Crippen LogP contribution in [0.3, 0.4) is 0 Å². The fourth-order valence-electron chi connectivity index (χ4n) is 3.13. The minimum atomic E-state index is -0.490. The van der Waals surface area contributed by atoms with E-state index < -0.39 is 6.10 Å². The summed E-state index contributed by atoms with van der Waals surface area (Å²) in [6, 6.07) is 4.51. The molecule has 1 aliphatic rings. The fraction of sp³-hybridized carbons (Fsp3) is 0.600. The maximum Gasteiger partial charge on any atom is 0.126 e. The van der Waals surface area contributed by atoms with E-state index in [1.165, 1.54) is 12.1 Å². The number of benzene rings is 1. The molecule has 1 fully saturated rings. The third-order valence-electron chi connectivity index (χ3n) is 4.24. The molecule has 18 heavy (non-hydrogen) atoms. The van der Waals surface area contributed by atoms with Crippen LogP contribution in [0.1, 0.15) is 38.7 Å². The first kappa shape index (κ1) is 13.8. The van der Waals surface area contributed by atoms with Gasteiger partial charge in [0.05, 0.1) is 6.10 Å². The van der Waals surface area contributed by atoms with Gasteiger partial charge in [-0.05, 0) is 47.9 Å². The van der Waals surface area contributed by atoms with Gasteiger partial charge in [-0.15, -0.1) is 0 Å². The van der Waals surface area contributed by atoms with Crippen LogP contribution in [-0.2, 0) is 6.42 Å². The van der Waals surface area contributed by atoms with Gasteiger partial charge in [0.1, 0.15) is 5.82 Å². The Bertz CT molecular complexity index is 431. The van der Waals surface area contributed by atoms with Crippen molar-refractivity contribution in [1.29, 1.82) is 0 Å². The number of hydrogen-bond acceptors (Lipinski definition) is 1. The van der Waals surface area contributed by atoms with Crippen molar-refractivity contribution in [2.75, 3.05) is 0 Å². The Labute approximate surface area is 113 Å². The second kappa shape index (κ2) is 5.18. The van der Waals surface area contributed by atoms with Crippen molar-refractivity contribution < 1.29 is 9.50 Å². The molecule has 3 heteroatoms. The van der Waals surface area contributed by atoms with E-state index in [0.29, 0.717) is 17.0 Å². The molecule has 0 radical (unpaired) electrons. The lowest BCUT2D eigenvalue weighted by atomic mass is 9.77. The van der Waals surface area contributed by atoms with Crippen LogP contribution in [0.4, 0.5) is 4.39 Å². The van der Waals surface area contributed by atoms with E-state index >= 15 is 0 Å². The number of aliphatic hydroxyl groups is 1. The molecule has 2 rings (SSSR count). The van der Waals surface area contributed by atoms with Gasteiger partial charge in [-0.1, -0.05) is 31.9 Å². The summed E-state index contributed by atoms with van der Waals surface area (Å²) < 4.78 is 13.6. The summed E-state index contributed by atoms with van der Waals surface area (Å²) in [6.07, 6.45) is 3.16. The first-order valence-electron chi connectivity index (χ1n) is 6.52. The molecule has 2 unspecified atom stereocenters. The predicted molar refractivity (Wildman–Crippen MR) is 72.2 cm³/mol. The highest BCUT2D eigenvalue weighted by molar-refractivity contribution is 6.30. The standard InChI is InChI=1S/C15H20ClFO/c1-15(2)7-3-4-12(15)14(18)9-10-8-11(16)5-6-13(10)17/h5-6,8,12,14,18H,3-4,7,9H2,1-2H3. The lowest BCUT2D eigenvalue weighted by molar-refractivity contribution is 0.0537. The second-order valence-electron chi connectivity index (χ2n) is 5.99. The Hall–Kier alpha value is -0.600. The molecular formula is C15H20ClFO. The summed E-state index contributed by atoms with van der Waals surface area (Å²) in [6.45, 7) is 4.37. The number of hydrogen-bond donors (Lipinski definition) is 1. The first-order chi connectivity index (χ1) is 8.40. The Morgan fingerprint density at radius 1 is 1.50 bits per heavy atom. The van der Waals surface area contributed by atoms with Crippen molar-refractivity contribution in [3.8, 4) is 0 Å². The van der Waals surface area contributed by atoms with E-state index in [0.717, 1.165) is 19.3 Å². The molecule has 1 aliphatic carbocycles. The summed E-state index contributed by atoms with van der Waals surface area (Å²) in [5.41, 5.74) is 0.659. The molecule has 100 valence electrons. The zero-order chi connectivity index (χ0) is 13.3. The quantitative estimate of drug-likeness (QED) is 0.872. The molecule has 1 aromatic carbocycles. The molecule has 2 atom stereocenters. The molecule has 0 aromatic heterocycles. The van der Waals surface area contributed by atoms with Gasteiger partial charge in [-0.2, -0.15) is 0 Å². The molecule has 0 amide bonds. The normalized spacial score (nSPS) is 24.2. The second-order valence-corrected chi connectivity index (χ2v) is 6.43. The van der Waals surface area contributed by atoms with E-state index in [1.807, 2.05) is 0 Å². The Balaban J connectivity index is 2.11. The zero-order valence-corrected chi connectivity index (χ0v) is 11.7. The number of rotatable bonds is 3. The van der Waals surface area contributed by atoms with Crippen LogP contribution in [0, 0.1) is 17.2 Å². The SMILES string of the molecule is CC1(C)CCCC1C(O)Cc1cc(Cl)ccc1F. The Morgan fingerprint density at radius 3 is 2.83 bits per heavy atom. The van der Waals surface area contributed by atoms with Gasteiger partial charge in [0, 0.05) is 11.4 Å².